The lowest BCUT2D eigenvalue weighted by Crippen LogP contribution is -2.15. The van der Waals surface area contributed by atoms with E-state index in [9.17, 15) is 0 Å². The Balaban J connectivity index is 2.31. The van der Waals surface area contributed by atoms with Crippen LogP contribution in [0.1, 0.15) is 27.2 Å². The molecule has 0 aliphatic carbocycles. The van der Waals surface area contributed by atoms with Gasteiger partial charge >= 0.3 is 0 Å². The SMILES string of the molecule is CC(C)(C)ON=CCCOCCOc1c(Cl)cc(OCC=C(Cl)Cl)cc1Cl. The third-order valence-electron chi connectivity index (χ3n) is 2.73. The zero-order valence-electron chi connectivity index (χ0n) is 15.4. The van der Waals surface area contributed by atoms with Crippen molar-refractivity contribution in [3.8, 4) is 11.5 Å². The van der Waals surface area contributed by atoms with E-state index in [-0.39, 0.29) is 16.7 Å². The van der Waals surface area contributed by atoms with Crippen LogP contribution in [-0.4, -0.2) is 38.2 Å². The highest BCUT2D eigenvalue weighted by atomic mass is 35.5. The van der Waals surface area contributed by atoms with Crippen LogP contribution < -0.4 is 9.47 Å². The Kier molecular flexibility index (Phi) is 11.3. The second-order valence-electron chi connectivity index (χ2n) is 6.26. The minimum Gasteiger partial charge on any atom is -0.489 e. The number of oxime groups is 1. The van der Waals surface area contributed by atoms with Gasteiger partial charge in [-0.15, -0.1) is 0 Å². The molecule has 9 heteroatoms. The molecule has 0 radical (unpaired) electrons. The van der Waals surface area contributed by atoms with E-state index in [4.69, 9.17) is 65.5 Å². The highest BCUT2D eigenvalue weighted by Gasteiger charge is 2.11. The Morgan fingerprint density at radius 3 is 2.30 bits per heavy atom. The highest BCUT2D eigenvalue weighted by molar-refractivity contribution is 6.55. The summed E-state index contributed by atoms with van der Waals surface area (Å²) in [6.45, 7) is 7.19. The van der Waals surface area contributed by atoms with Gasteiger partial charge in [-0.2, -0.15) is 0 Å². The number of ether oxygens (including phenoxy) is 3. The van der Waals surface area contributed by atoms with Crippen LogP contribution in [-0.2, 0) is 9.57 Å². The molecule has 0 spiro atoms. The van der Waals surface area contributed by atoms with Crippen LogP contribution in [0.5, 0.6) is 11.5 Å². The van der Waals surface area contributed by atoms with Gasteiger partial charge in [0.2, 0.25) is 0 Å². The van der Waals surface area contributed by atoms with Crippen LogP contribution in [0.15, 0.2) is 27.9 Å². The van der Waals surface area contributed by atoms with Crippen LogP contribution >= 0.6 is 46.4 Å². The minimum atomic E-state index is -0.293. The summed E-state index contributed by atoms with van der Waals surface area (Å²) in [6.07, 6.45) is 3.82. The lowest BCUT2D eigenvalue weighted by molar-refractivity contribution is 0.00124. The standard InChI is InChI=1S/C18H23Cl4NO4/c1-18(2,3)27-23-6-4-7-24-9-10-26-17-14(19)11-13(12-15(17)20)25-8-5-16(21)22/h5-6,11-12H,4,7-10H2,1-3H3. The molecule has 5 nitrogen and oxygen atoms in total. The molecule has 0 fully saturated rings. The number of rotatable bonds is 11. The first-order chi connectivity index (χ1) is 12.7. The van der Waals surface area contributed by atoms with Crippen LogP contribution in [0.25, 0.3) is 0 Å². The summed E-state index contributed by atoms with van der Waals surface area (Å²) >= 11 is 23.4. The van der Waals surface area contributed by atoms with Crippen molar-refractivity contribution in [2.75, 3.05) is 26.4 Å². The summed E-state index contributed by atoms with van der Waals surface area (Å²) in [5, 5.41) is 4.54. The molecule has 0 amide bonds. The van der Waals surface area contributed by atoms with Gasteiger partial charge < -0.3 is 19.0 Å². The Morgan fingerprint density at radius 1 is 1.04 bits per heavy atom. The maximum absolute atomic E-state index is 6.18. The highest BCUT2D eigenvalue weighted by Crippen LogP contribution is 2.37. The summed E-state index contributed by atoms with van der Waals surface area (Å²) in [5.74, 6) is 0.858. The van der Waals surface area contributed by atoms with Gasteiger partial charge in [-0.05, 0) is 26.8 Å². The van der Waals surface area contributed by atoms with Crippen LogP contribution in [0, 0.1) is 0 Å². The normalized spacial score (nSPS) is 11.5. The molecule has 0 bridgehead atoms. The van der Waals surface area contributed by atoms with Gasteiger partial charge in [0.15, 0.2) is 5.75 Å². The number of benzene rings is 1. The Morgan fingerprint density at radius 2 is 1.70 bits per heavy atom. The summed E-state index contributed by atoms with van der Waals surface area (Å²) in [5.41, 5.74) is -0.293. The number of hydrogen-bond donors (Lipinski definition) is 0. The predicted octanol–water partition coefficient (Wildman–Crippen LogP) is 6.28. The third-order valence-corrected chi connectivity index (χ3v) is 3.60. The molecule has 0 aliphatic heterocycles. The molecular formula is C18H23Cl4NO4. The minimum absolute atomic E-state index is 0.125. The van der Waals surface area contributed by atoms with E-state index in [1.807, 2.05) is 20.8 Å². The van der Waals surface area contributed by atoms with Gasteiger partial charge in [0.25, 0.3) is 0 Å². The van der Waals surface area contributed by atoms with E-state index in [1.165, 1.54) is 6.08 Å². The molecule has 0 saturated carbocycles. The quantitative estimate of drug-likeness (QED) is 0.222. The smallest absolute Gasteiger partial charge is 0.156 e. The molecule has 0 atom stereocenters. The van der Waals surface area contributed by atoms with E-state index in [0.717, 1.165) is 0 Å². The molecule has 27 heavy (non-hydrogen) atoms. The largest absolute Gasteiger partial charge is 0.489 e. The van der Waals surface area contributed by atoms with E-state index in [1.54, 1.807) is 18.3 Å². The number of nitrogens with zero attached hydrogens (tertiary/aromatic N) is 1. The fraction of sp³-hybridized carbons (Fsp3) is 0.500. The second kappa shape index (κ2) is 12.6. The Labute approximate surface area is 180 Å². The topological polar surface area (TPSA) is 49.3 Å². The predicted molar refractivity (Wildman–Crippen MR) is 112 cm³/mol. The average Bonchev–Trinajstić information content (AvgIpc) is 2.54. The van der Waals surface area contributed by atoms with E-state index < -0.39 is 0 Å². The fourth-order valence-corrected chi connectivity index (χ4v) is 2.35. The van der Waals surface area contributed by atoms with Crippen molar-refractivity contribution in [2.24, 2.45) is 5.16 Å². The molecule has 0 heterocycles. The summed E-state index contributed by atoms with van der Waals surface area (Å²) in [6, 6.07) is 3.20. The number of halogens is 4. The van der Waals surface area contributed by atoms with Gasteiger partial charge in [0, 0.05) is 24.8 Å². The van der Waals surface area contributed by atoms with Gasteiger partial charge in [0.1, 0.15) is 29.1 Å². The molecule has 1 aromatic carbocycles. The molecular weight excluding hydrogens is 436 g/mol. The monoisotopic (exact) mass is 457 g/mol. The zero-order chi connectivity index (χ0) is 20.3. The molecule has 1 rings (SSSR count). The fourth-order valence-electron chi connectivity index (χ4n) is 1.65. The Hall–Kier alpha value is -0.850. The molecule has 0 N–H and O–H groups in total. The van der Waals surface area contributed by atoms with Gasteiger partial charge in [0.05, 0.1) is 23.3 Å². The van der Waals surface area contributed by atoms with Gasteiger partial charge in [-0.3, -0.25) is 0 Å². The summed E-state index contributed by atoms with van der Waals surface area (Å²) in [4.78, 5) is 5.22. The first-order valence-electron chi connectivity index (χ1n) is 8.22. The summed E-state index contributed by atoms with van der Waals surface area (Å²) in [7, 11) is 0. The maximum Gasteiger partial charge on any atom is 0.156 e. The van der Waals surface area contributed by atoms with E-state index in [2.05, 4.69) is 5.16 Å². The lowest BCUT2D eigenvalue weighted by atomic mass is 10.2. The summed E-state index contributed by atoms with van der Waals surface area (Å²) < 4.78 is 16.6. The average molecular weight is 459 g/mol. The number of hydrogen-bond acceptors (Lipinski definition) is 5. The van der Waals surface area contributed by atoms with Crippen molar-refractivity contribution < 1.29 is 19.0 Å². The van der Waals surface area contributed by atoms with Gasteiger partial charge in [-0.1, -0.05) is 51.6 Å². The van der Waals surface area contributed by atoms with E-state index >= 15 is 0 Å². The van der Waals surface area contributed by atoms with Crippen molar-refractivity contribution in [2.45, 2.75) is 32.8 Å². The molecule has 0 aliphatic rings. The van der Waals surface area contributed by atoms with Crippen LogP contribution in [0.4, 0.5) is 0 Å². The molecule has 1 aromatic rings. The molecule has 152 valence electrons. The van der Waals surface area contributed by atoms with Crippen molar-refractivity contribution in [3.63, 3.8) is 0 Å². The van der Waals surface area contributed by atoms with Crippen molar-refractivity contribution >= 4 is 52.6 Å². The lowest BCUT2D eigenvalue weighted by Gasteiger charge is -2.14. The van der Waals surface area contributed by atoms with Crippen LogP contribution in [0.3, 0.4) is 0 Å². The van der Waals surface area contributed by atoms with Crippen LogP contribution in [0.2, 0.25) is 10.0 Å². The van der Waals surface area contributed by atoms with Crippen molar-refractivity contribution in [1.82, 2.24) is 0 Å². The second-order valence-corrected chi connectivity index (χ2v) is 8.08. The first kappa shape index (κ1) is 24.2. The van der Waals surface area contributed by atoms with E-state index in [0.29, 0.717) is 47.8 Å². The molecule has 0 unspecified atom stereocenters. The maximum atomic E-state index is 6.18. The van der Waals surface area contributed by atoms with Gasteiger partial charge in [-0.25, -0.2) is 0 Å². The van der Waals surface area contributed by atoms with Crippen molar-refractivity contribution in [3.05, 3.63) is 32.7 Å². The molecule has 0 aromatic heterocycles. The first-order valence-corrected chi connectivity index (χ1v) is 9.74. The van der Waals surface area contributed by atoms with Crippen molar-refractivity contribution in [1.29, 1.82) is 0 Å². The Bertz CT molecular complexity index is 618. The molecule has 0 saturated heterocycles. The third kappa shape index (κ3) is 11.6. The zero-order valence-corrected chi connectivity index (χ0v) is 18.5.